The fourth-order valence-electron chi connectivity index (χ4n) is 2.11. The van der Waals surface area contributed by atoms with Crippen LogP contribution in [-0.2, 0) is 13.5 Å². The fourth-order valence-corrected chi connectivity index (χ4v) is 2.11. The molecule has 20 heavy (non-hydrogen) atoms. The monoisotopic (exact) mass is 273 g/mol. The first-order valence-corrected chi connectivity index (χ1v) is 6.49. The van der Waals surface area contributed by atoms with Gasteiger partial charge in [-0.15, -0.1) is 0 Å². The molecule has 2 heterocycles. The topological polar surface area (TPSA) is 89.8 Å². The van der Waals surface area contributed by atoms with E-state index >= 15 is 0 Å². The minimum absolute atomic E-state index is 0.0141. The van der Waals surface area contributed by atoms with Crippen LogP contribution in [-0.4, -0.2) is 27.2 Å². The second kappa shape index (κ2) is 6.18. The van der Waals surface area contributed by atoms with Crippen molar-refractivity contribution >= 4 is 5.84 Å². The predicted octanol–water partition coefficient (Wildman–Crippen LogP) is 1.42. The van der Waals surface area contributed by atoms with Gasteiger partial charge in [-0.1, -0.05) is 0 Å². The Morgan fingerprint density at radius 3 is 2.75 bits per heavy atom. The lowest BCUT2D eigenvalue weighted by Crippen LogP contribution is -2.14. The van der Waals surface area contributed by atoms with E-state index < -0.39 is 0 Å². The number of amidine groups is 1. The van der Waals surface area contributed by atoms with Crippen molar-refractivity contribution in [3.63, 3.8) is 0 Å². The van der Waals surface area contributed by atoms with E-state index in [1.54, 1.807) is 24.1 Å². The van der Waals surface area contributed by atoms with Gasteiger partial charge in [-0.2, -0.15) is 5.10 Å². The Labute approximate surface area is 118 Å². The third kappa shape index (κ3) is 3.14. The molecule has 0 aromatic carbocycles. The Morgan fingerprint density at radius 1 is 1.40 bits per heavy atom. The van der Waals surface area contributed by atoms with E-state index in [9.17, 15) is 0 Å². The van der Waals surface area contributed by atoms with Crippen molar-refractivity contribution in [2.45, 2.75) is 19.8 Å². The number of nitrogens with one attached hydrogen (secondary N) is 1. The molecule has 0 saturated heterocycles. The molecule has 0 atom stereocenters. The average molecular weight is 273 g/mol. The van der Waals surface area contributed by atoms with Crippen LogP contribution in [0, 0.1) is 12.3 Å². The molecule has 0 aliphatic heterocycles. The molecule has 0 aliphatic rings. The summed E-state index contributed by atoms with van der Waals surface area (Å²) in [5.41, 5.74) is 8.09. The molecule has 0 spiro atoms. The van der Waals surface area contributed by atoms with Gasteiger partial charge in [0.2, 0.25) is 5.88 Å². The molecule has 0 fully saturated rings. The van der Waals surface area contributed by atoms with Gasteiger partial charge in [0.15, 0.2) is 0 Å². The lowest BCUT2D eigenvalue weighted by molar-refractivity contribution is 0.284. The predicted molar refractivity (Wildman–Crippen MR) is 77.0 cm³/mol. The first-order valence-electron chi connectivity index (χ1n) is 6.49. The molecule has 6 heteroatoms. The molecular formula is C14H19N5O. The molecule has 0 aliphatic carbocycles. The quantitative estimate of drug-likeness (QED) is 0.473. The maximum absolute atomic E-state index is 7.58. The SMILES string of the molecule is Cc1nn(C)c(OCCCc2ccncc2)c1C(=N)N. The smallest absolute Gasteiger partial charge is 0.223 e. The maximum Gasteiger partial charge on any atom is 0.223 e. The van der Waals surface area contributed by atoms with Gasteiger partial charge in [0.25, 0.3) is 0 Å². The van der Waals surface area contributed by atoms with Crippen LogP contribution in [0.5, 0.6) is 5.88 Å². The minimum atomic E-state index is -0.0141. The summed E-state index contributed by atoms with van der Waals surface area (Å²) in [6.07, 6.45) is 5.38. The van der Waals surface area contributed by atoms with Crippen LogP contribution in [0.25, 0.3) is 0 Å². The van der Waals surface area contributed by atoms with Gasteiger partial charge >= 0.3 is 0 Å². The van der Waals surface area contributed by atoms with E-state index in [1.165, 1.54) is 5.56 Å². The van der Waals surface area contributed by atoms with Crippen LogP contribution in [0.1, 0.15) is 23.2 Å². The fraction of sp³-hybridized carbons (Fsp3) is 0.357. The average Bonchev–Trinajstić information content (AvgIpc) is 2.70. The molecular weight excluding hydrogens is 254 g/mol. The number of ether oxygens (including phenoxy) is 1. The molecule has 2 aromatic rings. The highest BCUT2D eigenvalue weighted by molar-refractivity contribution is 5.98. The van der Waals surface area contributed by atoms with Gasteiger partial charge in [-0.05, 0) is 37.5 Å². The second-order valence-corrected chi connectivity index (χ2v) is 4.61. The number of aryl methyl sites for hydroxylation is 3. The number of rotatable bonds is 6. The highest BCUT2D eigenvalue weighted by atomic mass is 16.5. The molecule has 0 unspecified atom stereocenters. The summed E-state index contributed by atoms with van der Waals surface area (Å²) < 4.78 is 7.36. The largest absolute Gasteiger partial charge is 0.477 e. The van der Waals surface area contributed by atoms with E-state index in [-0.39, 0.29) is 5.84 Å². The van der Waals surface area contributed by atoms with Crippen molar-refractivity contribution < 1.29 is 4.74 Å². The highest BCUT2D eigenvalue weighted by Gasteiger charge is 2.16. The Kier molecular flexibility index (Phi) is 4.34. The minimum Gasteiger partial charge on any atom is -0.477 e. The molecule has 2 rings (SSSR count). The van der Waals surface area contributed by atoms with Crippen molar-refractivity contribution in [2.24, 2.45) is 12.8 Å². The Hall–Kier alpha value is -2.37. The van der Waals surface area contributed by atoms with Crippen LogP contribution in [0.3, 0.4) is 0 Å². The van der Waals surface area contributed by atoms with Crippen molar-refractivity contribution in [1.29, 1.82) is 5.41 Å². The van der Waals surface area contributed by atoms with Gasteiger partial charge in [-0.3, -0.25) is 10.4 Å². The molecule has 2 aromatic heterocycles. The standard InChI is InChI=1S/C14H19N5O/c1-10-12(13(15)16)14(19(2)18-10)20-9-3-4-11-5-7-17-8-6-11/h5-8H,3-4,9H2,1-2H3,(H3,15,16). The third-order valence-electron chi connectivity index (χ3n) is 3.04. The summed E-state index contributed by atoms with van der Waals surface area (Å²) >= 11 is 0. The van der Waals surface area contributed by atoms with Gasteiger partial charge < -0.3 is 10.5 Å². The second-order valence-electron chi connectivity index (χ2n) is 4.61. The maximum atomic E-state index is 7.58. The van der Waals surface area contributed by atoms with E-state index in [0.29, 0.717) is 23.7 Å². The Balaban J connectivity index is 1.93. The molecule has 6 nitrogen and oxygen atoms in total. The van der Waals surface area contributed by atoms with Crippen LogP contribution >= 0.6 is 0 Å². The third-order valence-corrected chi connectivity index (χ3v) is 3.04. The summed E-state index contributed by atoms with van der Waals surface area (Å²) in [5, 5.41) is 11.8. The zero-order chi connectivity index (χ0) is 14.5. The first kappa shape index (κ1) is 14.0. The van der Waals surface area contributed by atoms with Gasteiger partial charge in [-0.25, -0.2) is 4.68 Å². The van der Waals surface area contributed by atoms with Crippen molar-refractivity contribution in [2.75, 3.05) is 6.61 Å². The van der Waals surface area contributed by atoms with E-state index in [4.69, 9.17) is 15.9 Å². The first-order chi connectivity index (χ1) is 9.59. The molecule has 0 bridgehead atoms. The van der Waals surface area contributed by atoms with Crippen LogP contribution in [0.4, 0.5) is 0 Å². The number of hydrogen-bond acceptors (Lipinski definition) is 4. The molecule has 0 saturated carbocycles. The van der Waals surface area contributed by atoms with E-state index in [1.807, 2.05) is 19.1 Å². The van der Waals surface area contributed by atoms with Crippen LogP contribution < -0.4 is 10.5 Å². The highest BCUT2D eigenvalue weighted by Crippen LogP contribution is 2.20. The summed E-state index contributed by atoms with van der Waals surface area (Å²) in [6.45, 7) is 2.38. The number of nitrogens with two attached hydrogens (primary N) is 1. The lowest BCUT2D eigenvalue weighted by atomic mass is 10.1. The summed E-state index contributed by atoms with van der Waals surface area (Å²) in [4.78, 5) is 3.99. The number of nitrogen functional groups attached to an aromatic ring is 1. The number of hydrogen-bond donors (Lipinski definition) is 2. The van der Waals surface area contributed by atoms with E-state index in [2.05, 4.69) is 10.1 Å². The summed E-state index contributed by atoms with van der Waals surface area (Å²) in [7, 11) is 1.79. The molecule has 3 N–H and O–H groups in total. The number of aromatic nitrogens is 3. The summed E-state index contributed by atoms with van der Waals surface area (Å²) in [6, 6.07) is 3.99. The molecule has 106 valence electrons. The van der Waals surface area contributed by atoms with Crippen LogP contribution in [0.15, 0.2) is 24.5 Å². The normalized spacial score (nSPS) is 10.5. The number of pyridine rings is 1. The zero-order valence-electron chi connectivity index (χ0n) is 11.8. The Bertz CT molecular complexity index is 591. The van der Waals surface area contributed by atoms with E-state index in [0.717, 1.165) is 12.8 Å². The molecule has 0 radical (unpaired) electrons. The van der Waals surface area contributed by atoms with Crippen LogP contribution in [0.2, 0.25) is 0 Å². The van der Waals surface area contributed by atoms with Crippen molar-refractivity contribution in [3.8, 4) is 5.88 Å². The van der Waals surface area contributed by atoms with Crippen molar-refractivity contribution in [3.05, 3.63) is 41.3 Å². The van der Waals surface area contributed by atoms with Gasteiger partial charge in [0, 0.05) is 19.4 Å². The van der Waals surface area contributed by atoms with Gasteiger partial charge in [0.05, 0.1) is 12.3 Å². The van der Waals surface area contributed by atoms with Gasteiger partial charge in [0.1, 0.15) is 11.4 Å². The lowest BCUT2D eigenvalue weighted by Gasteiger charge is -2.08. The zero-order valence-corrected chi connectivity index (χ0v) is 11.8. The summed E-state index contributed by atoms with van der Waals surface area (Å²) in [5.74, 6) is 0.546. The molecule has 0 amide bonds. The van der Waals surface area contributed by atoms with Crippen molar-refractivity contribution in [1.82, 2.24) is 14.8 Å². The number of nitrogens with zero attached hydrogens (tertiary/aromatic N) is 3. The Morgan fingerprint density at radius 2 is 2.10 bits per heavy atom.